The minimum Gasteiger partial charge on any atom is -0.497 e. The number of hydrogen-bond donors (Lipinski definition) is 2. The van der Waals surface area contributed by atoms with Gasteiger partial charge in [0.05, 0.1) is 36.6 Å². The lowest BCUT2D eigenvalue weighted by molar-refractivity contribution is -0.118. The number of anilines is 2. The predicted octanol–water partition coefficient (Wildman–Crippen LogP) is 7.19. The lowest BCUT2D eigenvalue weighted by atomic mass is 9.68. The van der Waals surface area contributed by atoms with Crippen molar-refractivity contribution in [2.24, 2.45) is 5.41 Å². The molecule has 0 amide bonds. The molecule has 0 spiro atoms. The van der Waals surface area contributed by atoms with Gasteiger partial charge in [-0.2, -0.15) is 0 Å². The fraction of sp³-hybridized carbons (Fsp3) is 0.278. The molecule has 1 atom stereocenters. The normalized spacial score (nSPS) is 17.2. The molecule has 0 fully saturated rings. The Morgan fingerprint density at radius 1 is 0.957 bits per heavy atom. The van der Waals surface area contributed by atoms with E-state index in [9.17, 15) is 9.59 Å². The summed E-state index contributed by atoms with van der Waals surface area (Å²) < 4.78 is 13.8. The summed E-state index contributed by atoms with van der Waals surface area (Å²) in [4.78, 5) is 40.3. The summed E-state index contributed by atoms with van der Waals surface area (Å²) >= 11 is 5.45. The third-order valence-electron chi connectivity index (χ3n) is 8.81. The molecular formula is C36H35N5O4S. The summed E-state index contributed by atoms with van der Waals surface area (Å²) in [6.45, 7) is 5.54. The second kappa shape index (κ2) is 11.8. The molecule has 46 heavy (non-hydrogen) atoms. The second-order valence-corrected chi connectivity index (χ2v) is 13.0. The topological polar surface area (TPSA) is 105 Å². The molecule has 1 aliphatic carbocycles. The Morgan fingerprint density at radius 3 is 2.46 bits per heavy atom. The van der Waals surface area contributed by atoms with E-state index in [-0.39, 0.29) is 21.5 Å². The largest absolute Gasteiger partial charge is 0.497 e. The van der Waals surface area contributed by atoms with E-state index in [1.165, 1.54) is 0 Å². The number of benzene rings is 3. The molecule has 0 radical (unpaired) electrons. The predicted molar refractivity (Wildman–Crippen MR) is 181 cm³/mol. The van der Waals surface area contributed by atoms with Crippen LogP contribution < -0.4 is 19.9 Å². The highest BCUT2D eigenvalue weighted by molar-refractivity contribution is 7.71. The summed E-state index contributed by atoms with van der Waals surface area (Å²) in [5.41, 5.74) is 5.11. The maximum Gasteiger partial charge on any atom is 0.258 e. The van der Waals surface area contributed by atoms with Crippen LogP contribution in [0.1, 0.15) is 50.2 Å². The lowest BCUT2D eigenvalue weighted by Crippen LogP contribution is -2.40. The lowest BCUT2D eigenvalue weighted by Gasteiger charge is -2.44. The molecule has 3 aromatic carbocycles. The van der Waals surface area contributed by atoms with Crippen molar-refractivity contribution in [2.75, 3.05) is 18.6 Å². The summed E-state index contributed by atoms with van der Waals surface area (Å²) in [5, 5.41) is 0. The number of Topliss-reactive ketones (excluding diaryl/α,β-unsaturated/α-hetero) is 1. The molecule has 2 aromatic heterocycles. The highest BCUT2D eigenvalue weighted by Gasteiger charge is 2.45. The Balaban J connectivity index is 1.22. The first kappa shape index (κ1) is 29.7. The van der Waals surface area contributed by atoms with Gasteiger partial charge in [-0.3, -0.25) is 19.5 Å². The van der Waals surface area contributed by atoms with E-state index in [1.807, 2.05) is 78.0 Å². The van der Waals surface area contributed by atoms with Gasteiger partial charge >= 0.3 is 0 Å². The van der Waals surface area contributed by atoms with E-state index in [4.69, 9.17) is 21.7 Å². The van der Waals surface area contributed by atoms with Gasteiger partial charge < -0.3 is 19.0 Å². The van der Waals surface area contributed by atoms with Crippen LogP contribution in [0.3, 0.4) is 0 Å². The van der Waals surface area contributed by atoms with Gasteiger partial charge in [0, 0.05) is 35.8 Å². The minimum atomic E-state index is -0.567. The Hall–Kier alpha value is -4.96. The number of carbonyl (C=O) groups excluding carboxylic acids is 1. The minimum absolute atomic E-state index is 0.0367. The number of carbonyl (C=O) groups is 1. The van der Waals surface area contributed by atoms with Crippen LogP contribution in [-0.2, 0) is 11.3 Å². The molecule has 7 rings (SSSR count). The van der Waals surface area contributed by atoms with Gasteiger partial charge in [0.15, 0.2) is 10.6 Å². The molecule has 3 heterocycles. The van der Waals surface area contributed by atoms with E-state index in [2.05, 4.69) is 39.4 Å². The Labute approximate surface area is 271 Å². The summed E-state index contributed by atoms with van der Waals surface area (Å²) in [7, 11) is 1.62. The van der Waals surface area contributed by atoms with Gasteiger partial charge in [0.25, 0.3) is 5.56 Å². The summed E-state index contributed by atoms with van der Waals surface area (Å²) in [5.74, 6) is 1.48. The van der Waals surface area contributed by atoms with Gasteiger partial charge in [0.2, 0.25) is 0 Å². The maximum absolute atomic E-state index is 14.0. The number of allylic oxidation sites excluding steroid dienone is 2. The fourth-order valence-corrected chi connectivity index (χ4v) is 6.95. The number of rotatable bonds is 8. The molecule has 2 N–H and O–H groups in total. The van der Waals surface area contributed by atoms with Crippen LogP contribution in [0.15, 0.2) is 95.2 Å². The van der Waals surface area contributed by atoms with E-state index in [1.54, 1.807) is 7.11 Å². The van der Waals surface area contributed by atoms with Crippen LogP contribution in [0.25, 0.3) is 11.0 Å². The van der Waals surface area contributed by atoms with E-state index < -0.39 is 5.92 Å². The van der Waals surface area contributed by atoms with Crippen molar-refractivity contribution in [2.45, 2.75) is 45.6 Å². The van der Waals surface area contributed by atoms with Crippen molar-refractivity contribution < 1.29 is 14.3 Å². The standard InChI is InChI=1S/C36H35N5O4S/c1-36(2)19-28-31(29(42)20-36)30(32-33(38-35(46)39-34(32)43)41(28)23-11-15-24(44-3)16-12-23)22-9-13-25(14-10-22)45-18-6-17-40-21-37-26-7-4-5-8-27(26)40/h4-5,7-16,21,30H,6,17-20H2,1-3H3,(H2,38,39,43,46). The van der Waals surface area contributed by atoms with Gasteiger partial charge in [-0.1, -0.05) is 38.1 Å². The monoisotopic (exact) mass is 633 g/mol. The third-order valence-corrected chi connectivity index (χ3v) is 9.01. The SMILES string of the molecule is COc1ccc(N2C3=C(C(=O)CC(C)(C)C3)C(c3ccc(OCCCn4cnc5ccccc54)cc3)c3c2[nH]c(=S)[nH]c3=O)cc1. The van der Waals surface area contributed by atoms with Gasteiger partial charge in [-0.05, 0) is 84.6 Å². The quantitative estimate of drug-likeness (QED) is 0.138. The van der Waals surface area contributed by atoms with Gasteiger partial charge in [0.1, 0.15) is 17.3 Å². The average Bonchev–Trinajstić information content (AvgIpc) is 3.45. The van der Waals surface area contributed by atoms with Gasteiger partial charge in [-0.15, -0.1) is 0 Å². The zero-order chi connectivity index (χ0) is 32.0. The molecule has 1 unspecified atom stereocenters. The first-order chi connectivity index (χ1) is 22.2. The van der Waals surface area contributed by atoms with Crippen LogP contribution in [0.5, 0.6) is 11.5 Å². The summed E-state index contributed by atoms with van der Waals surface area (Å²) in [6.07, 6.45) is 3.72. The number of fused-ring (bicyclic) bond motifs is 2. The average molecular weight is 634 g/mol. The van der Waals surface area contributed by atoms with Crippen molar-refractivity contribution >= 4 is 40.5 Å². The van der Waals surface area contributed by atoms with Crippen LogP contribution in [0.2, 0.25) is 0 Å². The first-order valence-electron chi connectivity index (χ1n) is 15.4. The number of aromatic nitrogens is 4. The maximum atomic E-state index is 14.0. The van der Waals surface area contributed by atoms with Crippen LogP contribution in [0, 0.1) is 10.2 Å². The Morgan fingerprint density at radius 2 is 1.70 bits per heavy atom. The van der Waals surface area contributed by atoms with Crippen molar-refractivity contribution in [3.05, 3.63) is 117 Å². The number of nitrogens with zero attached hydrogens (tertiary/aromatic N) is 3. The van der Waals surface area contributed by atoms with E-state index in [0.29, 0.717) is 42.2 Å². The summed E-state index contributed by atoms with van der Waals surface area (Å²) in [6, 6.07) is 23.4. The molecule has 9 nitrogen and oxygen atoms in total. The van der Waals surface area contributed by atoms with Crippen LogP contribution in [0.4, 0.5) is 11.5 Å². The third kappa shape index (κ3) is 5.43. The number of imidazole rings is 1. The number of para-hydroxylation sites is 2. The van der Waals surface area contributed by atoms with E-state index in [0.717, 1.165) is 46.7 Å². The number of nitrogens with one attached hydrogen (secondary N) is 2. The van der Waals surface area contributed by atoms with Crippen molar-refractivity contribution in [1.82, 2.24) is 19.5 Å². The molecule has 0 saturated carbocycles. The van der Waals surface area contributed by atoms with Crippen LogP contribution in [-0.4, -0.2) is 39.0 Å². The molecule has 2 aliphatic rings. The molecule has 0 bridgehead atoms. The van der Waals surface area contributed by atoms with E-state index >= 15 is 0 Å². The fourth-order valence-electron chi connectivity index (χ4n) is 6.76. The Kier molecular flexibility index (Phi) is 7.60. The molecule has 234 valence electrons. The van der Waals surface area contributed by atoms with Crippen molar-refractivity contribution in [1.29, 1.82) is 0 Å². The number of ether oxygens (including phenoxy) is 2. The molecule has 10 heteroatoms. The Bertz CT molecular complexity index is 2090. The molecule has 1 aliphatic heterocycles. The highest BCUT2D eigenvalue weighted by atomic mass is 32.1. The zero-order valence-electron chi connectivity index (χ0n) is 26.0. The van der Waals surface area contributed by atoms with Gasteiger partial charge in [-0.25, -0.2) is 4.98 Å². The van der Waals surface area contributed by atoms with Crippen molar-refractivity contribution in [3.8, 4) is 11.5 Å². The second-order valence-electron chi connectivity index (χ2n) is 12.6. The molecular weight excluding hydrogens is 598 g/mol. The molecule has 5 aromatic rings. The highest BCUT2D eigenvalue weighted by Crippen LogP contribution is 2.52. The van der Waals surface area contributed by atoms with Crippen molar-refractivity contribution in [3.63, 3.8) is 0 Å². The van der Waals surface area contributed by atoms with Crippen LogP contribution >= 0.6 is 12.2 Å². The number of aryl methyl sites for hydroxylation is 1. The first-order valence-corrected chi connectivity index (χ1v) is 15.8. The number of hydrogen-bond acceptors (Lipinski definition) is 7. The smallest absolute Gasteiger partial charge is 0.258 e. The number of methoxy groups -OCH3 is 1. The number of aromatic amines is 2. The number of H-pyrrole nitrogens is 2. The number of ketones is 1. The molecule has 0 saturated heterocycles. The zero-order valence-corrected chi connectivity index (χ0v) is 26.8.